The number of rotatable bonds is 3. The van der Waals surface area contributed by atoms with E-state index in [4.69, 9.17) is 11.6 Å². The smallest absolute Gasteiger partial charge is 0.0937 e. The van der Waals surface area contributed by atoms with Crippen LogP contribution in [0.3, 0.4) is 0 Å². The van der Waals surface area contributed by atoms with Crippen LogP contribution in [0.25, 0.3) is 0 Å². The minimum atomic E-state index is -0.714. The van der Waals surface area contributed by atoms with Crippen molar-refractivity contribution < 1.29 is 5.11 Å². The maximum absolute atomic E-state index is 11.6. The Morgan fingerprint density at radius 1 is 1.09 bits per heavy atom. The van der Waals surface area contributed by atoms with Gasteiger partial charge in [0.15, 0.2) is 0 Å². The summed E-state index contributed by atoms with van der Waals surface area (Å²) in [5, 5.41) is 12.3. The minimum absolute atomic E-state index is 0.323. The van der Waals surface area contributed by atoms with Gasteiger partial charge in [-0.25, -0.2) is 0 Å². The van der Waals surface area contributed by atoms with Crippen LogP contribution in [0.4, 0.5) is 0 Å². The zero-order chi connectivity index (χ0) is 15.4. The van der Waals surface area contributed by atoms with Gasteiger partial charge in [0.05, 0.1) is 5.60 Å². The highest BCUT2D eigenvalue weighted by Gasteiger charge is 2.39. The molecule has 1 saturated carbocycles. The molecule has 1 aromatic carbocycles. The lowest BCUT2D eigenvalue weighted by atomic mass is 9.73. The molecule has 122 valence electrons. The first kappa shape index (κ1) is 16.3. The first-order chi connectivity index (χ1) is 10.7. The Balaban J connectivity index is 1.86. The van der Waals surface area contributed by atoms with Gasteiger partial charge in [-0.2, -0.15) is 0 Å². The van der Waals surface area contributed by atoms with E-state index in [0.717, 1.165) is 36.4 Å². The van der Waals surface area contributed by atoms with Crippen molar-refractivity contribution in [1.29, 1.82) is 0 Å². The summed E-state index contributed by atoms with van der Waals surface area (Å²) in [7, 11) is 0. The Labute approximate surface area is 139 Å². The molecule has 0 aromatic heterocycles. The van der Waals surface area contributed by atoms with Gasteiger partial charge in [-0.05, 0) is 56.5 Å². The van der Waals surface area contributed by atoms with E-state index in [1.165, 1.54) is 45.2 Å². The predicted molar refractivity (Wildman–Crippen MR) is 92.2 cm³/mol. The summed E-state index contributed by atoms with van der Waals surface area (Å²) >= 11 is 6.20. The average molecular weight is 322 g/mol. The molecule has 1 aliphatic carbocycles. The Bertz CT molecular complexity index is 486. The molecule has 0 bridgehead atoms. The summed E-state index contributed by atoms with van der Waals surface area (Å²) < 4.78 is 0. The third kappa shape index (κ3) is 3.67. The van der Waals surface area contributed by atoms with Crippen LogP contribution in [0.15, 0.2) is 24.3 Å². The van der Waals surface area contributed by atoms with Crippen LogP contribution in [0.1, 0.15) is 56.9 Å². The SMILES string of the molecule is OC1(c2cccc(Cl)c2)CCCCCCC1CN1CCCC1. The molecule has 1 heterocycles. The van der Waals surface area contributed by atoms with Crippen LogP contribution in [-0.4, -0.2) is 29.6 Å². The van der Waals surface area contributed by atoms with Crippen molar-refractivity contribution in [2.75, 3.05) is 19.6 Å². The summed E-state index contributed by atoms with van der Waals surface area (Å²) in [6, 6.07) is 7.90. The van der Waals surface area contributed by atoms with Gasteiger partial charge in [0.25, 0.3) is 0 Å². The zero-order valence-electron chi connectivity index (χ0n) is 13.4. The molecule has 2 fully saturated rings. The van der Waals surface area contributed by atoms with Crippen LogP contribution in [0.2, 0.25) is 5.02 Å². The van der Waals surface area contributed by atoms with E-state index in [9.17, 15) is 5.11 Å². The molecular weight excluding hydrogens is 294 g/mol. The van der Waals surface area contributed by atoms with Crippen LogP contribution in [0.5, 0.6) is 0 Å². The van der Waals surface area contributed by atoms with Gasteiger partial charge >= 0.3 is 0 Å². The number of likely N-dealkylation sites (tertiary alicyclic amines) is 1. The Hall–Kier alpha value is -0.570. The first-order valence-electron chi connectivity index (χ1n) is 8.89. The molecule has 2 aliphatic rings. The second-order valence-corrected chi connectivity index (χ2v) is 7.53. The third-order valence-corrected chi connectivity index (χ3v) is 5.77. The Morgan fingerprint density at radius 3 is 2.64 bits per heavy atom. The molecule has 0 spiro atoms. The molecule has 1 N–H and O–H groups in total. The van der Waals surface area contributed by atoms with Gasteiger partial charge in [-0.3, -0.25) is 0 Å². The molecule has 3 rings (SSSR count). The number of nitrogens with zero attached hydrogens (tertiary/aromatic N) is 1. The molecule has 0 amide bonds. The van der Waals surface area contributed by atoms with Crippen molar-refractivity contribution in [2.45, 2.75) is 57.0 Å². The number of hydrogen-bond acceptors (Lipinski definition) is 2. The summed E-state index contributed by atoms with van der Waals surface area (Å²) in [6.45, 7) is 3.42. The van der Waals surface area contributed by atoms with Gasteiger partial charge < -0.3 is 10.0 Å². The lowest BCUT2D eigenvalue weighted by Crippen LogP contribution is -2.42. The summed E-state index contributed by atoms with van der Waals surface area (Å²) in [6.07, 6.45) is 9.50. The van der Waals surface area contributed by atoms with Gasteiger partial charge in [-0.1, -0.05) is 49.4 Å². The molecule has 2 nitrogen and oxygen atoms in total. The predicted octanol–water partition coefficient (Wildman–Crippen LogP) is 4.59. The maximum atomic E-state index is 11.6. The first-order valence-corrected chi connectivity index (χ1v) is 9.27. The third-order valence-electron chi connectivity index (χ3n) is 5.54. The van der Waals surface area contributed by atoms with Gasteiger partial charge in [0.2, 0.25) is 0 Å². The number of aliphatic hydroxyl groups is 1. The maximum Gasteiger partial charge on any atom is 0.0937 e. The van der Waals surface area contributed by atoms with E-state index in [-0.39, 0.29) is 0 Å². The topological polar surface area (TPSA) is 23.5 Å². The fraction of sp³-hybridized carbons (Fsp3) is 0.684. The molecule has 2 atom stereocenters. The monoisotopic (exact) mass is 321 g/mol. The van der Waals surface area contributed by atoms with Crippen molar-refractivity contribution in [3.8, 4) is 0 Å². The molecule has 1 saturated heterocycles. The highest BCUT2D eigenvalue weighted by atomic mass is 35.5. The fourth-order valence-electron chi connectivity index (χ4n) is 4.24. The molecular formula is C19H28ClNO. The van der Waals surface area contributed by atoms with Crippen molar-refractivity contribution >= 4 is 11.6 Å². The van der Waals surface area contributed by atoms with Gasteiger partial charge in [-0.15, -0.1) is 0 Å². The lowest BCUT2D eigenvalue weighted by Gasteiger charge is -2.40. The lowest BCUT2D eigenvalue weighted by molar-refractivity contribution is -0.0524. The van der Waals surface area contributed by atoms with E-state index >= 15 is 0 Å². The summed E-state index contributed by atoms with van der Waals surface area (Å²) in [4.78, 5) is 2.54. The zero-order valence-corrected chi connectivity index (χ0v) is 14.2. The van der Waals surface area contributed by atoms with E-state index in [0.29, 0.717) is 5.92 Å². The van der Waals surface area contributed by atoms with E-state index in [1.807, 2.05) is 18.2 Å². The summed E-state index contributed by atoms with van der Waals surface area (Å²) in [5.41, 5.74) is 0.305. The molecule has 22 heavy (non-hydrogen) atoms. The number of halogens is 1. The highest BCUT2D eigenvalue weighted by Crippen LogP contribution is 2.41. The van der Waals surface area contributed by atoms with Crippen LogP contribution in [-0.2, 0) is 5.60 Å². The second-order valence-electron chi connectivity index (χ2n) is 7.09. The highest BCUT2D eigenvalue weighted by molar-refractivity contribution is 6.30. The normalized spacial score (nSPS) is 30.9. The van der Waals surface area contributed by atoms with Crippen LogP contribution >= 0.6 is 11.6 Å². The largest absolute Gasteiger partial charge is 0.385 e. The average Bonchev–Trinajstić information content (AvgIpc) is 3.00. The standard InChI is InChI=1S/C19H28ClNO/c20-18-10-7-9-16(14-18)19(22)11-4-2-1-3-8-17(19)15-21-12-5-6-13-21/h7,9-10,14,17,22H,1-6,8,11-13,15H2. The van der Waals surface area contributed by atoms with Crippen LogP contribution < -0.4 is 0 Å². The summed E-state index contributed by atoms with van der Waals surface area (Å²) in [5.74, 6) is 0.323. The van der Waals surface area contributed by atoms with Crippen molar-refractivity contribution in [3.05, 3.63) is 34.9 Å². The second kappa shape index (κ2) is 7.33. The van der Waals surface area contributed by atoms with E-state index in [1.54, 1.807) is 0 Å². The van der Waals surface area contributed by atoms with E-state index < -0.39 is 5.60 Å². The number of benzene rings is 1. The van der Waals surface area contributed by atoms with Gasteiger partial charge in [0, 0.05) is 17.5 Å². The molecule has 0 radical (unpaired) electrons. The molecule has 1 aliphatic heterocycles. The molecule has 1 aromatic rings. The van der Waals surface area contributed by atoms with Crippen LogP contribution in [0, 0.1) is 5.92 Å². The van der Waals surface area contributed by atoms with Crippen molar-refractivity contribution in [3.63, 3.8) is 0 Å². The fourth-order valence-corrected chi connectivity index (χ4v) is 4.43. The molecule has 2 unspecified atom stereocenters. The van der Waals surface area contributed by atoms with Gasteiger partial charge in [0.1, 0.15) is 0 Å². The Kier molecular flexibility index (Phi) is 5.43. The van der Waals surface area contributed by atoms with Crippen molar-refractivity contribution in [2.24, 2.45) is 5.92 Å². The minimum Gasteiger partial charge on any atom is -0.385 e. The number of hydrogen-bond donors (Lipinski definition) is 1. The van der Waals surface area contributed by atoms with E-state index in [2.05, 4.69) is 11.0 Å². The molecule has 3 heteroatoms. The van der Waals surface area contributed by atoms with Crippen molar-refractivity contribution in [1.82, 2.24) is 4.90 Å². The quantitative estimate of drug-likeness (QED) is 0.880. The Morgan fingerprint density at radius 2 is 1.86 bits per heavy atom.